The van der Waals surface area contributed by atoms with Crippen molar-refractivity contribution < 1.29 is 19.0 Å². The van der Waals surface area contributed by atoms with E-state index in [1.54, 1.807) is 32.4 Å². The fraction of sp³-hybridized carbons (Fsp3) is 0.500. The van der Waals surface area contributed by atoms with Gasteiger partial charge in [-0.25, -0.2) is 0 Å². The molecular formula is C18H23NO4. The van der Waals surface area contributed by atoms with Gasteiger partial charge in [0.05, 0.1) is 26.4 Å². The lowest BCUT2D eigenvalue weighted by Crippen LogP contribution is -2.39. The van der Waals surface area contributed by atoms with Crippen LogP contribution in [0.4, 0.5) is 0 Å². The van der Waals surface area contributed by atoms with Crippen LogP contribution in [0.1, 0.15) is 23.2 Å². The maximum Gasteiger partial charge on any atom is 0.257 e. The Hall–Kier alpha value is -2.19. The predicted octanol–water partition coefficient (Wildman–Crippen LogP) is 2.21. The largest absolute Gasteiger partial charge is 0.493 e. The number of ether oxygens (including phenoxy) is 3. The van der Waals surface area contributed by atoms with E-state index >= 15 is 0 Å². The number of piperidine rings is 1. The molecule has 1 aliphatic rings. The summed E-state index contributed by atoms with van der Waals surface area (Å²) in [4.78, 5) is 14.6. The van der Waals surface area contributed by atoms with Gasteiger partial charge in [-0.3, -0.25) is 4.79 Å². The monoisotopic (exact) mass is 317 g/mol. The van der Waals surface area contributed by atoms with Gasteiger partial charge in [0.15, 0.2) is 11.5 Å². The number of hydrogen-bond donors (Lipinski definition) is 0. The Kier molecular flexibility index (Phi) is 6.30. The molecule has 1 amide bonds. The Morgan fingerprint density at radius 3 is 2.65 bits per heavy atom. The quantitative estimate of drug-likeness (QED) is 0.596. The molecule has 0 radical (unpaired) electrons. The SMILES string of the molecule is C#CCOCC1CCN(C(=O)c2cccc(OC)c2OC)CC1. The highest BCUT2D eigenvalue weighted by Gasteiger charge is 2.26. The number of carbonyl (C=O) groups is 1. The summed E-state index contributed by atoms with van der Waals surface area (Å²) >= 11 is 0. The van der Waals surface area contributed by atoms with E-state index in [2.05, 4.69) is 5.92 Å². The first kappa shape index (κ1) is 17.2. The van der Waals surface area contributed by atoms with Crippen molar-refractivity contribution in [3.8, 4) is 23.8 Å². The number of carbonyl (C=O) groups excluding carboxylic acids is 1. The number of hydrogen-bond acceptors (Lipinski definition) is 4. The van der Waals surface area contributed by atoms with Gasteiger partial charge in [-0.15, -0.1) is 6.42 Å². The minimum atomic E-state index is -0.0243. The van der Waals surface area contributed by atoms with Gasteiger partial charge in [0.25, 0.3) is 5.91 Å². The van der Waals surface area contributed by atoms with Crippen molar-refractivity contribution in [2.24, 2.45) is 5.92 Å². The van der Waals surface area contributed by atoms with E-state index in [0.29, 0.717) is 49.3 Å². The third-order valence-corrected chi connectivity index (χ3v) is 4.07. The van der Waals surface area contributed by atoms with E-state index in [1.807, 2.05) is 4.90 Å². The summed E-state index contributed by atoms with van der Waals surface area (Å²) in [7, 11) is 3.11. The van der Waals surface area contributed by atoms with Crippen LogP contribution in [0.15, 0.2) is 18.2 Å². The van der Waals surface area contributed by atoms with Gasteiger partial charge in [0.2, 0.25) is 0 Å². The van der Waals surface area contributed by atoms with E-state index in [4.69, 9.17) is 20.6 Å². The highest BCUT2D eigenvalue weighted by Crippen LogP contribution is 2.32. The van der Waals surface area contributed by atoms with Gasteiger partial charge >= 0.3 is 0 Å². The molecule has 0 spiro atoms. The molecule has 1 fully saturated rings. The third kappa shape index (κ3) is 4.17. The normalized spacial score (nSPS) is 15.1. The predicted molar refractivity (Wildman–Crippen MR) is 87.8 cm³/mol. The fourth-order valence-electron chi connectivity index (χ4n) is 2.81. The Bertz CT molecular complexity index is 571. The van der Waals surface area contributed by atoms with E-state index in [-0.39, 0.29) is 5.91 Å². The molecule has 124 valence electrons. The zero-order valence-electron chi connectivity index (χ0n) is 13.7. The molecule has 23 heavy (non-hydrogen) atoms. The number of para-hydroxylation sites is 1. The molecule has 1 aliphatic heterocycles. The fourth-order valence-corrected chi connectivity index (χ4v) is 2.81. The van der Waals surface area contributed by atoms with Crippen LogP contribution in [0.3, 0.4) is 0 Å². The molecule has 5 heteroatoms. The van der Waals surface area contributed by atoms with Gasteiger partial charge in [0, 0.05) is 13.1 Å². The third-order valence-electron chi connectivity index (χ3n) is 4.07. The van der Waals surface area contributed by atoms with E-state index in [9.17, 15) is 4.79 Å². The highest BCUT2D eigenvalue weighted by molar-refractivity contribution is 5.97. The Morgan fingerprint density at radius 1 is 1.30 bits per heavy atom. The average Bonchev–Trinajstić information content (AvgIpc) is 2.61. The number of rotatable bonds is 6. The number of amides is 1. The Labute approximate surface area is 137 Å². The summed E-state index contributed by atoms with van der Waals surface area (Å²) < 4.78 is 16.0. The molecule has 0 bridgehead atoms. The summed E-state index contributed by atoms with van der Waals surface area (Å²) in [6.45, 7) is 2.43. The number of likely N-dealkylation sites (tertiary alicyclic amines) is 1. The average molecular weight is 317 g/mol. The molecule has 0 unspecified atom stereocenters. The Morgan fingerprint density at radius 2 is 2.04 bits per heavy atom. The van der Waals surface area contributed by atoms with Crippen molar-refractivity contribution >= 4 is 5.91 Å². The van der Waals surface area contributed by atoms with Gasteiger partial charge in [-0.05, 0) is 30.9 Å². The minimum Gasteiger partial charge on any atom is -0.493 e. The van der Waals surface area contributed by atoms with Crippen LogP contribution in [0.2, 0.25) is 0 Å². The van der Waals surface area contributed by atoms with Crippen molar-refractivity contribution in [1.29, 1.82) is 0 Å². The van der Waals surface area contributed by atoms with Crippen LogP contribution in [0, 0.1) is 18.3 Å². The molecule has 1 aromatic carbocycles. The summed E-state index contributed by atoms with van der Waals surface area (Å²) in [6.07, 6.45) is 7.01. The highest BCUT2D eigenvalue weighted by atomic mass is 16.5. The molecule has 0 saturated carbocycles. The topological polar surface area (TPSA) is 48.0 Å². The summed E-state index contributed by atoms with van der Waals surface area (Å²) in [5, 5.41) is 0. The summed E-state index contributed by atoms with van der Waals surface area (Å²) in [5.74, 6) is 3.95. The maximum absolute atomic E-state index is 12.7. The van der Waals surface area contributed by atoms with Crippen molar-refractivity contribution in [2.75, 3.05) is 40.5 Å². The van der Waals surface area contributed by atoms with Crippen molar-refractivity contribution in [3.63, 3.8) is 0 Å². The first-order valence-electron chi connectivity index (χ1n) is 7.72. The first-order valence-corrected chi connectivity index (χ1v) is 7.72. The van der Waals surface area contributed by atoms with Crippen molar-refractivity contribution in [3.05, 3.63) is 23.8 Å². The van der Waals surface area contributed by atoms with Crippen LogP contribution < -0.4 is 9.47 Å². The molecule has 0 aliphatic carbocycles. The molecule has 5 nitrogen and oxygen atoms in total. The second-order valence-electron chi connectivity index (χ2n) is 5.50. The van der Waals surface area contributed by atoms with Crippen molar-refractivity contribution in [1.82, 2.24) is 4.90 Å². The minimum absolute atomic E-state index is 0.0243. The van der Waals surface area contributed by atoms with Gasteiger partial charge in [-0.1, -0.05) is 12.0 Å². The lowest BCUT2D eigenvalue weighted by atomic mass is 9.97. The summed E-state index contributed by atoms with van der Waals surface area (Å²) in [5.41, 5.74) is 0.536. The number of methoxy groups -OCH3 is 2. The lowest BCUT2D eigenvalue weighted by molar-refractivity contribution is 0.0579. The maximum atomic E-state index is 12.7. The molecule has 0 atom stereocenters. The van der Waals surface area contributed by atoms with Gasteiger partial charge in [0.1, 0.15) is 6.61 Å². The molecular weight excluding hydrogens is 294 g/mol. The summed E-state index contributed by atoms with van der Waals surface area (Å²) in [6, 6.07) is 5.35. The second kappa shape index (κ2) is 8.44. The van der Waals surface area contributed by atoms with Crippen LogP contribution >= 0.6 is 0 Å². The van der Waals surface area contributed by atoms with E-state index in [0.717, 1.165) is 12.8 Å². The van der Waals surface area contributed by atoms with Crippen LogP contribution in [-0.2, 0) is 4.74 Å². The number of benzene rings is 1. The smallest absolute Gasteiger partial charge is 0.257 e. The molecule has 0 aromatic heterocycles. The van der Waals surface area contributed by atoms with Crippen LogP contribution in [-0.4, -0.2) is 51.3 Å². The lowest BCUT2D eigenvalue weighted by Gasteiger charge is -2.32. The Balaban J connectivity index is 1.99. The standard InChI is InChI=1S/C18H23NO4/c1-4-12-23-13-14-8-10-19(11-9-14)18(20)15-6-5-7-16(21-2)17(15)22-3/h1,5-7,14H,8-13H2,2-3H3. The second-order valence-corrected chi connectivity index (χ2v) is 5.50. The number of terminal acetylenes is 1. The van der Waals surface area contributed by atoms with E-state index < -0.39 is 0 Å². The zero-order chi connectivity index (χ0) is 16.7. The molecule has 1 aromatic rings. The van der Waals surface area contributed by atoms with Gasteiger partial charge in [-0.2, -0.15) is 0 Å². The molecule has 1 saturated heterocycles. The van der Waals surface area contributed by atoms with Crippen molar-refractivity contribution in [2.45, 2.75) is 12.8 Å². The molecule has 1 heterocycles. The molecule has 2 rings (SSSR count). The van der Waals surface area contributed by atoms with Crippen LogP contribution in [0.5, 0.6) is 11.5 Å². The van der Waals surface area contributed by atoms with Gasteiger partial charge < -0.3 is 19.1 Å². The molecule has 0 N–H and O–H groups in total. The first-order chi connectivity index (χ1) is 11.2. The zero-order valence-corrected chi connectivity index (χ0v) is 13.7. The van der Waals surface area contributed by atoms with E-state index in [1.165, 1.54) is 0 Å². The van der Waals surface area contributed by atoms with Crippen LogP contribution in [0.25, 0.3) is 0 Å². The number of nitrogens with zero attached hydrogens (tertiary/aromatic N) is 1.